The Morgan fingerprint density at radius 1 is 1.90 bits per heavy atom. The maximum atomic E-state index is 12.8. The van der Waals surface area contributed by atoms with Crippen molar-refractivity contribution >= 4 is 5.97 Å². The molecule has 0 N–H and O–H groups in total. The molecule has 0 amide bonds. The largest absolute Gasteiger partial charge is 0.463 e. The third kappa shape index (κ3) is 2.17. The van der Waals surface area contributed by atoms with Crippen LogP contribution >= 0.6 is 0 Å². The molecule has 0 saturated carbocycles. The van der Waals surface area contributed by atoms with Crippen molar-refractivity contribution in [1.82, 2.24) is 0 Å². The lowest BCUT2D eigenvalue weighted by Crippen LogP contribution is -2.29. The SMILES string of the molecule is C=CC(C)(F)C(=O)OCC. The van der Waals surface area contributed by atoms with Crippen LogP contribution in [0.2, 0.25) is 0 Å². The fourth-order valence-electron chi connectivity index (χ4n) is 0.356. The van der Waals surface area contributed by atoms with Gasteiger partial charge in [0.2, 0.25) is 5.67 Å². The van der Waals surface area contributed by atoms with Gasteiger partial charge in [0.1, 0.15) is 0 Å². The highest BCUT2D eigenvalue weighted by atomic mass is 19.1. The molecular weight excluding hydrogens is 135 g/mol. The van der Waals surface area contributed by atoms with Crippen molar-refractivity contribution in [2.24, 2.45) is 0 Å². The van der Waals surface area contributed by atoms with Crippen LogP contribution in [0.4, 0.5) is 4.39 Å². The van der Waals surface area contributed by atoms with Crippen molar-refractivity contribution in [3.8, 4) is 0 Å². The van der Waals surface area contributed by atoms with Gasteiger partial charge in [0.05, 0.1) is 6.61 Å². The molecule has 0 aliphatic rings. The van der Waals surface area contributed by atoms with Gasteiger partial charge in [0.25, 0.3) is 0 Å². The Balaban J connectivity index is 4.04. The van der Waals surface area contributed by atoms with E-state index in [2.05, 4.69) is 11.3 Å². The van der Waals surface area contributed by atoms with Crippen LogP contribution in [-0.2, 0) is 9.53 Å². The molecule has 0 rings (SSSR count). The Kier molecular flexibility index (Phi) is 3.06. The van der Waals surface area contributed by atoms with Crippen LogP contribution in [-0.4, -0.2) is 18.2 Å². The second-order valence-electron chi connectivity index (χ2n) is 2.00. The van der Waals surface area contributed by atoms with Gasteiger partial charge in [-0.3, -0.25) is 0 Å². The fraction of sp³-hybridized carbons (Fsp3) is 0.571. The van der Waals surface area contributed by atoms with Gasteiger partial charge < -0.3 is 4.74 Å². The van der Waals surface area contributed by atoms with Crippen molar-refractivity contribution < 1.29 is 13.9 Å². The minimum atomic E-state index is -2.05. The predicted octanol–water partition coefficient (Wildman–Crippen LogP) is 1.46. The van der Waals surface area contributed by atoms with Crippen molar-refractivity contribution in [3.63, 3.8) is 0 Å². The number of carbonyl (C=O) groups is 1. The molecule has 0 bridgehead atoms. The summed E-state index contributed by atoms with van der Waals surface area (Å²) in [6.45, 7) is 6.08. The molecule has 0 heterocycles. The Morgan fingerprint density at radius 3 is 2.70 bits per heavy atom. The second-order valence-corrected chi connectivity index (χ2v) is 2.00. The first-order valence-electron chi connectivity index (χ1n) is 3.04. The fourth-order valence-corrected chi connectivity index (χ4v) is 0.356. The first-order valence-corrected chi connectivity index (χ1v) is 3.04. The van der Waals surface area contributed by atoms with Gasteiger partial charge in [-0.1, -0.05) is 6.58 Å². The number of alkyl halides is 1. The lowest BCUT2D eigenvalue weighted by molar-refractivity contribution is -0.152. The zero-order valence-electron chi connectivity index (χ0n) is 6.19. The minimum absolute atomic E-state index is 0.187. The molecule has 0 aromatic heterocycles. The summed E-state index contributed by atoms with van der Waals surface area (Å²) in [4.78, 5) is 10.6. The molecule has 10 heavy (non-hydrogen) atoms. The number of carbonyl (C=O) groups excluding carboxylic acids is 1. The Morgan fingerprint density at radius 2 is 2.40 bits per heavy atom. The molecule has 3 heteroatoms. The molecule has 1 atom stereocenters. The smallest absolute Gasteiger partial charge is 0.347 e. The average Bonchev–Trinajstić information content (AvgIpc) is 1.89. The van der Waals surface area contributed by atoms with Crippen LogP contribution in [0.25, 0.3) is 0 Å². The van der Waals surface area contributed by atoms with E-state index in [4.69, 9.17) is 0 Å². The molecule has 0 aliphatic heterocycles. The van der Waals surface area contributed by atoms with Gasteiger partial charge in [0, 0.05) is 0 Å². The Labute approximate surface area is 59.7 Å². The summed E-state index contributed by atoms with van der Waals surface area (Å²) in [6, 6.07) is 0. The lowest BCUT2D eigenvalue weighted by atomic mass is 10.1. The summed E-state index contributed by atoms with van der Waals surface area (Å²) in [7, 11) is 0. The van der Waals surface area contributed by atoms with E-state index in [1.807, 2.05) is 0 Å². The van der Waals surface area contributed by atoms with Crippen LogP contribution in [0.3, 0.4) is 0 Å². The van der Waals surface area contributed by atoms with E-state index in [1.165, 1.54) is 0 Å². The highest BCUT2D eigenvalue weighted by Crippen LogP contribution is 2.12. The van der Waals surface area contributed by atoms with Gasteiger partial charge in [-0.25, -0.2) is 9.18 Å². The molecule has 0 saturated heterocycles. The molecule has 0 spiro atoms. The molecule has 0 aliphatic carbocycles. The summed E-state index contributed by atoms with van der Waals surface area (Å²) in [5, 5.41) is 0. The maximum absolute atomic E-state index is 12.8. The molecule has 2 nitrogen and oxygen atoms in total. The van der Waals surface area contributed by atoms with Gasteiger partial charge in [-0.2, -0.15) is 0 Å². The number of hydrogen-bond donors (Lipinski definition) is 0. The highest BCUT2D eigenvalue weighted by molar-refractivity contribution is 5.81. The number of halogens is 1. The number of rotatable bonds is 3. The minimum Gasteiger partial charge on any atom is -0.463 e. The monoisotopic (exact) mass is 146 g/mol. The molecule has 1 unspecified atom stereocenters. The third-order valence-electron chi connectivity index (χ3n) is 1.06. The maximum Gasteiger partial charge on any atom is 0.347 e. The zero-order valence-corrected chi connectivity index (χ0v) is 6.19. The van der Waals surface area contributed by atoms with Crippen molar-refractivity contribution in [1.29, 1.82) is 0 Å². The van der Waals surface area contributed by atoms with E-state index < -0.39 is 11.6 Å². The van der Waals surface area contributed by atoms with E-state index in [9.17, 15) is 9.18 Å². The molecule has 0 fully saturated rings. The summed E-state index contributed by atoms with van der Waals surface area (Å²) in [6.07, 6.45) is 0.922. The molecule has 0 aromatic carbocycles. The summed E-state index contributed by atoms with van der Waals surface area (Å²) in [5.41, 5.74) is -2.05. The highest BCUT2D eigenvalue weighted by Gasteiger charge is 2.30. The quantitative estimate of drug-likeness (QED) is 0.445. The second kappa shape index (κ2) is 3.34. The molecular formula is C7H11FO2. The summed E-state index contributed by atoms with van der Waals surface area (Å²) >= 11 is 0. The summed E-state index contributed by atoms with van der Waals surface area (Å²) in [5.74, 6) is -0.884. The first kappa shape index (κ1) is 9.14. The van der Waals surface area contributed by atoms with Crippen LogP contribution in [0, 0.1) is 0 Å². The van der Waals surface area contributed by atoms with E-state index >= 15 is 0 Å². The standard InChI is InChI=1S/C7H11FO2/c1-4-7(3,8)6(9)10-5-2/h4H,1,5H2,2-3H3. The third-order valence-corrected chi connectivity index (χ3v) is 1.06. The number of ether oxygens (including phenoxy) is 1. The average molecular weight is 146 g/mol. The first-order chi connectivity index (χ1) is 4.54. The van der Waals surface area contributed by atoms with Crippen molar-refractivity contribution in [3.05, 3.63) is 12.7 Å². The lowest BCUT2D eigenvalue weighted by Gasteiger charge is -2.12. The number of esters is 1. The molecule has 58 valence electrons. The van der Waals surface area contributed by atoms with Crippen LogP contribution in [0.5, 0.6) is 0 Å². The molecule has 0 radical (unpaired) electrons. The predicted molar refractivity (Wildman–Crippen MR) is 36.3 cm³/mol. The van der Waals surface area contributed by atoms with Gasteiger partial charge in [-0.15, -0.1) is 0 Å². The topological polar surface area (TPSA) is 26.3 Å². The van der Waals surface area contributed by atoms with Crippen molar-refractivity contribution in [2.45, 2.75) is 19.5 Å². The molecule has 0 aromatic rings. The van der Waals surface area contributed by atoms with Crippen molar-refractivity contribution in [2.75, 3.05) is 6.61 Å². The Hall–Kier alpha value is -0.860. The van der Waals surface area contributed by atoms with E-state index in [-0.39, 0.29) is 6.61 Å². The normalized spacial score (nSPS) is 15.5. The van der Waals surface area contributed by atoms with Gasteiger partial charge >= 0.3 is 5.97 Å². The van der Waals surface area contributed by atoms with Crippen LogP contribution in [0.1, 0.15) is 13.8 Å². The van der Waals surface area contributed by atoms with E-state index in [0.717, 1.165) is 13.0 Å². The zero-order chi connectivity index (χ0) is 8.20. The Bertz CT molecular complexity index is 141. The van der Waals surface area contributed by atoms with Crippen LogP contribution in [0.15, 0.2) is 12.7 Å². The summed E-state index contributed by atoms with van der Waals surface area (Å²) < 4.78 is 17.2. The number of hydrogen-bond acceptors (Lipinski definition) is 2. The van der Waals surface area contributed by atoms with E-state index in [0.29, 0.717) is 0 Å². The van der Waals surface area contributed by atoms with E-state index in [1.54, 1.807) is 6.92 Å². The van der Waals surface area contributed by atoms with Gasteiger partial charge in [0.15, 0.2) is 0 Å². The van der Waals surface area contributed by atoms with Crippen LogP contribution < -0.4 is 0 Å². The van der Waals surface area contributed by atoms with Gasteiger partial charge in [-0.05, 0) is 19.9 Å².